The predicted molar refractivity (Wildman–Crippen MR) is 77.3 cm³/mol. The average Bonchev–Trinajstić information content (AvgIpc) is 2.39. The molecule has 0 radical (unpaired) electrons. The van der Waals surface area contributed by atoms with Gasteiger partial charge in [0.1, 0.15) is 0 Å². The quantitative estimate of drug-likeness (QED) is 0.924. The van der Waals surface area contributed by atoms with E-state index < -0.39 is 0 Å². The van der Waals surface area contributed by atoms with Gasteiger partial charge in [-0.2, -0.15) is 0 Å². The monoisotopic (exact) mass is 296 g/mol. The number of halogens is 1. The fourth-order valence-electron chi connectivity index (χ4n) is 2.52. The SMILES string of the molecule is CCC1CCN(c2ccc(CN)cc2Br)CC1. The second-order valence-electron chi connectivity index (χ2n) is 4.83. The molecular weight excluding hydrogens is 276 g/mol. The molecule has 17 heavy (non-hydrogen) atoms. The normalized spacial score (nSPS) is 17.5. The highest BCUT2D eigenvalue weighted by Gasteiger charge is 2.19. The summed E-state index contributed by atoms with van der Waals surface area (Å²) in [7, 11) is 0. The van der Waals surface area contributed by atoms with E-state index in [1.54, 1.807) is 0 Å². The molecule has 1 aliphatic rings. The summed E-state index contributed by atoms with van der Waals surface area (Å²) >= 11 is 3.66. The Kier molecular flexibility index (Phi) is 4.46. The van der Waals surface area contributed by atoms with E-state index in [-0.39, 0.29) is 0 Å². The highest BCUT2D eigenvalue weighted by Crippen LogP contribution is 2.31. The first-order valence-corrected chi connectivity index (χ1v) is 7.27. The van der Waals surface area contributed by atoms with Crippen LogP contribution in [0.2, 0.25) is 0 Å². The van der Waals surface area contributed by atoms with Crippen LogP contribution in [0.1, 0.15) is 31.7 Å². The van der Waals surface area contributed by atoms with Gasteiger partial charge in [0, 0.05) is 24.1 Å². The molecule has 1 fully saturated rings. The van der Waals surface area contributed by atoms with Gasteiger partial charge in [0.05, 0.1) is 5.69 Å². The molecule has 2 nitrogen and oxygen atoms in total. The van der Waals surface area contributed by atoms with E-state index in [1.165, 1.54) is 48.1 Å². The van der Waals surface area contributed by atoms with Crippen molar-refractivity contribution in [3.05, 3.63) is 28.2 Å². The van der Waals surface area contributed by atoms with Gasteiger partial charge in [-0.05, 0) is 52.4 Å². The van der Waals surface area contributed by atoms with Gasteiger partial charge in [0.2, 0.25) is 0 Å². The van der Waals surface area contributed by atoms with Gasteiger partial charge in [-0.1, -0.05) is 19.4 Å². The lowest BCUT2D eigenvalue weighted by Gasteiger charge is -2.34. The van der Waals surface area contributed by atoms with Gasteiger partial charge < -0.3 is 10.6 Å². The number of hydrogen-bond acceptors (Lipinski definition) is 2. The standard InChI is InChI=1S/C14H21BrN2/c1-2-11-5-7-17(8-6-11)14-4-3-12(10-16)9-13(14)15/h3-4,9,11H,2,5-8,10,16H2,1H3. The van der Waals surface area contributed by atoms with Crippen LogP contribution < -0.4 is 10.6 Å². The van der Waals surface area contributed by atoms with Gasteiger partial charge in [-0.25, -0.2) is 0 Å². The van der Waals surface area contributed by atoms with Crippen LogP contribution in [0.15, 0.2) is 22.7 Å². The lowest BCUT2D eigenvalue weighted by Crippen LogP contribution is -2.33. The first kappa shape index (κ1) is 12.9. The Morgan fingerprint density at radius 2 is 2.06 bits per heavy atom. The van der Waals surface area contributed by atoms with E-state index in [4.69, 9.17) is 5.73 Å². The van der Waals surface area contributed by atoms with E-state index in [1.807, 2.05) is 0 Å². The summed E-state index contributed by atoms with van der Waals surface area (Å²) in [4.78, 5) is 2.48. The number of rotatable bonds is 3. The first-order chi connectivity index (χ1) is 8.24. The summed E-state index contributed by atoms with van der Waals surface area (Å²) in [5.74, 6) is 0.924. The molecule has 0 aromatic heterocycles. The number of anilines is 1. The molecule has 0 spiro atoms. The number of hydrogen-bond donors (Lipinski definition) is 1. The third-order valence-electron chi connectivity index (χ3n) is 3.78. The van der Waals surface area contributed by atoms with Crippen LogP contribution in [-0.4, -0.2) is 13.1 Å². The molecule has 1 saturated heterocycles. The topological polar surface area (TPSA) is 29.3 Å². The Hall–Kier alpha value is -0.540. The Morgan fingerprint density at radius 3 is 2.59 bits per heavy atom. The second-order valence-corrected chi connectivity index (χ2v) is 5.68. The smallest absolute Gasteiger partial charge is 0.0510 e. The third kappa shape index (κ3) is 3.02. The molecule has 0 aliphatic carbocycles. The van der Waals surface area contributed by atoms with Crippen LogP contribution in [0.25, 0.3) is 0 Å². The fraction of sp³-hybridized carbons (Fsp3) is 0.571. The molecule has 1 heterocycles. The fourth-order valence-corrected chi connectivity index (χ4v) is 3.19. The lowest BCUT2D eigenvalue weighted by molar-refractivity contribution is 0.395. The van der Waals surface area contributed by atoms with Crippen LogP contribution >= 0.6 is 15.9 Å². The zero-order valence-electron chi connectivity index (χ0n) is 10.5. The van der Waals surface area contributed by atoms with Crippen molar-refractivity contribution in [2.24, 2.45) is 11.7 Å². The van der Waals surface area contributed by atoms with Gasteiger partial charge in [-0.15, -0.1) is 0 Å². The predicted octanol–water partition coefficient (Wildman–Crippen LogP) is 3.53. The van der Waals surface area contributed by atoms with Crippen molar-refractivity contribution in [3.8, 4) is 0 Å². The zero-order valence-corrected chi connectivity index (χ0v) is 12.0. The van der Waals surface area contributed by atoms with Gasteiger partial charge in [0.15, 0.2) is 0 Å². The molecule has 2 N–H and O–H groups in total. The molecule has 3 heteroatoms. The summed E-state index contributed by atoms with van der Waals surface area (Å²) in [5.41, 5.74) is 8.15. The molecule has 0 unspecified atom stereocenters. The van der Waals surface area contributed by atoms with E-state index >= 15 is 0 Å². The number of piperidine rings is 1. The Balaban J connectivity index is 2.08. The summed E-state index contributed by atoms with van der Waals surface area (Å²) in [6.45, 7) is 5.27. The molecule has 1 aromatic carbocycles. The summed E-state index contributed by atoms with van der Waals surface area (Å²) in [6.07, 6.45) is 3.96. The van der Waals surface area contributed by atoms with E-state index in [2.05, 4.69) is 46.0 Å². The Morgan fingerprint density at radius 1 is 1.35 bits per heavy atom. The molecule has 2 rings (SSSR count). The molecule has 1 aliphatic heterocycles. The zero-order chi connectivity index (χ0) is 12.3. The van der Waals surface area contributed by atoms with Crippen LogP contribution in [0.5, 0.6) is 0 Å². The van der Waals surface area contributed by atoms with Crippen LogP contribution in [0, 0.1) is 5.92 Å². The largest absolute Gasteiger partial charge is 0.371 e. The van der Waals surface area contributed by atoms with Gasteiger partial charge in [-0.3, -0.25) is 0 Å². The van der Waals surface area contributed by atoms with Crippen molar-refractivity contribution in [1.82, 2.24) is 0 Å². The Labute approximate surface area is 112 Å². The lowest BCUT2D eigenvalue weighted by atomic mass is 9.94. The summed E-state index contributed by atoms with van der Waals surface area (Å²) in [5, 5.41) is 0. The Bertz CT molecular complexity index is 370. The summed E-state index contributed by atoms with van der Waals surface area (Å²) in [6, 6.07) is 6.46. The van der Waals surface area contributed by atoms with Crippen molar-refractivity contribution in [1.29, 1.82) is 0 Å². The maximum Gasteiger partial charge on any atom is 0.0510 e. The van der Waals surface area contributed by atoms with E-state index in [9.17, 15) is 0 Å². The average molecular weight is 297 g/mol. The molecular formula is C14H21BrN2. The molecule has 94 valence electrons. The van der Waals surface area contributed by atoms with Crippen molar-refractivity contribution < 1.29 is 0 Å². The first-order valence-electron chi connectivity index (χ1n) is 6.48. The highest BCUT2D eigenvalue weighted by molar-refractivity contribution is 9.10. The molecule has 0 atom stereocenters. The van der Waals surface area contributed by atoms with Crippen LogP contribution in [0.4, 0.5) is 5.69 Å². The van der Waals surface area contributed by atoms with Crippen molar-refractivity contribution in [2.45, 2.75) is 32.7 Å². The van der Waals surface area contributed by atoms with Crippen LogP contribution in [-0.2, 0) is 6.54 Å². The molecule has 0 amide bonds. The van der Waals surface area contributed by atoms with E-state index in [0.29, 0.717) is 6.54 Å². The maximum atomic E-state index is 5.65. The van der Waals surface area contributed by atoms with Gasteiger partial charge in [0.25, 0.3) is 0 Å². The van der Waals surface area contributed by atoms with Crippen molar-refractivity contribution in [2.75, 3.05) is 18.0 Å². The minimum atomic E-state index is 0.608. The van der Waals surface area contributed by atoms with E-state index in [0.717, 1.165) is 5.92 Å². The molecule has 1 aromatic rings. The van der Waals surface area contributed by atoms with Crippen molar-refractivity contribution in [3.63, 3.8) is 0 Å². The third-order valence-corrected chi connectivity index (χ3v) is 4.42. The van der Waals surface area contributed by atoms with Crippen molar-refractivity contribution >= 4 is 21.6 Å². The molecule has 0 saturated carbocycles. The minimum absolute atomic E-state index is 0.608. The van der Waals surface area contributed by atoms with Gasteiger partial charge >= 0.3 is 0 Å². The minimum Gasteiger partial charge on any atom is -0.371 e. The summed E-state index contributed by atoms with van der Waals surface area (Å²) < 4.78 is 1.18. The number of nitrogens with two attached hydrogens (primary N) is 1. The number of nitrogens with zero attached hydrogens (tertiary/aromatic N) is 1. The highest BCUT2D eigenvalue weighted by atomic mass is 79.9. The van der Waals surface area contributed by atoms with Crippen LogP contribution in [0.3, 0.4) is 0 Å². The molecule has 0 bridgehead atoms. The maximum absolute atomic E-state index is 5.65. The number of benzene rings is 1. The second kappa shape index (κ2) is 5.87.